The second-order valence-electron chi connectivity index (χ2n) is 5.08. The van der Waals surface area contributed by atoms with E-state index in [0.717, 1.165) is 21.6 Å². The molecule has 0 fully saturated rings. The smallest absolute Gasteiger partial charge is 0.0591 e. The predicted molar refractivity (Wildman–Crippen MR) is 90.6 cm³/mol. The molecular formula is C17H19BrClN. The highest BCUT2D eigenvalue weighted by molar-refractivity contribution is 9.10. The molecule has 3 heteroatoms. The van der Waals surface area contributed by atoms with E-state index in [1.807, 2.05) is 12.1 Å². The third-order valence-electron chi connectivity index (χ3n) is 3.25. The number of nitrogens with one attached hydrogen (secondary N) is 1. The number of benzene rings is 2. The molecule has 106 valence electrons. The molecule has 0 heterocycles. The number of hydrogen-bond acceptors (Lipinski definition) is 1. The number of halogens is 2. The van der Waals surface area contributed by atoms with Crippen LogP contribution in [0.5, 0.6) is 0 Å². The Morgan fingerprint density at radius 1 is 1.10 bits per heavy atom. The summed E-state index contributed by atoms with van der Waals surface area (Å²) in [6.07, 6.45) is 0. The summed E-state index contributed by atoms with van der Waals surface area (Å²) in [6, 6.07) is 12.7. The van der Waals surface area contributed by atoms with Gasteiger partial charge in [-0.3, -0.25) is 0 Å². The number of rotatable bonds is 4. The van der Waals surface area contributed by atoms with Gasteiger partial charge in [0.1, 0.15) is 0 Å². The van der Waals surface area contributed by atoms with Gasteiger partial charge in [0.25, 0.3) is 0 Å². The minimum atomic E-state index is 0.114. The molecule has 2 rings (SSSR count). The van der Waals surface area contributed by atoms with Crippen LogP contribution in [0.1, 0.15) is 35.2 Å². The zero-order valence-electron chi connectivity index (χ0n) is 12.0. The van der Waals surface area contributed by atoms with Crippen LogP contribution in [-0.4, -0.2) is 6.54 Å². The molecule has 2 aromatic rings. The van der Waals surface area contributed by atoms with Gasteiger partial charge in [-0.15, -0.1) is 0 Å². The molecule has 0 bridgehead atoms. The Hall–Kier alpha value is -0.830. The van der Waals surface area contributed by atoms with E-state index in [9.17, 15) is 0 Å². The van der Waals surface area contributed by atoms with Crippen molar-refractivity contribution in [2.45, 2.75) is 26.8 Å². The molecule has 0 spiro atoms. The van der Waals surface area contributed by atoms with Gasteiger partial charge >= 0.3 is 0 Å². The maximum Gasteiger partial charge on any atom is 0.0591 e. The molecule has 0 aliphatic rings. The van der Waals surface area contributed by atoms with Crippen LogP contribution < -0.4 is 5.32 Å². The van der Waals surface area contributed by atoms with Gasteiger partial charge in [0.15, 0.2) is 0 Å². The van der Waals surface area contributed by atoms with Crippen LogP contribution in [0.25, 0.3) is 0 Å². The van der Waals surface area contributed by atoms with Crippen LogP contribution >= 0.6 is 27.5 Å². The average Bonchev–Trinajstić information content (AvgIpc) is 2.38. The van der Waals surface area contributed by atoms with Crippen molar-refractivity contribution in [3.05, 3.63) is 68.1 Å². The molecule has 0 saturated carbocycles. The highest BCUT2D eigenvalue weighted by atomic mass is 79.9. The first kappa shape index (κ1) is 15.6. The highest BCUT2D eigenvalue weighted by Crippen LogP contribution is 2.31. The summed E-state index contributed by atoms with van der Waals surface area (Å²) in [5.74, 6) is 0. The minimum Gasteiger partial charge on any atom is -0.306 e. The molecular weight excluding hydrogens is 334 g/mol. The first-order valence-electron chi connectivity index (χ1n) is 6.77. The van der Waals surface area contributed by atoms with Crippen LogP contribution in [0.2, 0.25) is 5.02 Å². The van der Waals surface area contributed by atoms with Crippen molar-refractivity contribution in [2.24, 2.45) is 0 Å². The van der Waals surface area contributed by atoms with E-state index in [0.29, 0.717) is 0 Å². The lowest BCUT2D eigenvalue weighted by Gasteiger charge is -2.21. The SMILES string of the molecule is CCNC(c1cc(C)cc(C)c1)c1cc(Br)ccc1Cl. The lowest BCUT2D eigenvalue weighted by Crippen LogP contribution is -2.22. The van der Waals surface area contributed by atoms with Crippen molar-refractivity contribution in [1.29, 1.82) is 0 Å². The van der Waals surface area contributed by atoms with Gasteiger partial charge in [0.05, 0.1) is 6.04 Å². The standard InChI is InChI=1S/C17H19BrClN/c1-4-20-17(13-8-11(2)7-12(3)9-13)15-10-14(18)5-6-16(15)19/h5-10,17,20H,4H2,1-3H3. The topological polar surface area (TPSA) is 12.0 Å². The second kappa shape index (κ2) is 6.75. The third kappa shape index (κ3) is 3.63. The number of aryl methyl sites for hydroxylation is 2. The molecule has 1 atom stereocenters. The van der Waals surface area contributed by atoms with E-state index in [2.05, 4.69) is 66.3 Å². The maximum atomic E-state index is 6.40. The third-order valence-corrected chi connectivity index (χ3v) is 4.09. The second-order valence-corrected chi connectivity index (χ2v) is 6.40. The fourth-order valence-electron chi connectivity index (χ4n) is 2.52. The zero-order chi connectivity index (χ0) is 14.7. The molecule has 0 aliphatic heterocycles. The molecule has 0 aromatic heterocycles. The van der Waals surface area contributed by atoms with E-state index in [1.165, 1.54) is 16.7 Å². The first-order chi connectivity index (χ1) is 9.51. The lowest BCUT2D eigenvalue weighted by atomic mass is 9.95. The Bertz CT molecular complexity index is 590. The first-order valence-corrected chi connectivity index (χ1v) is 7.95. The van der Waals surface area contributed by atoms with Gasteiger partial charge in [0, 0.05) is 9.50 Å². The fraction of sp³-hybridized carbons (Fsp3) is 0.294. The molecule has 1 N–H and O–H groups in total. The van der Waals surface area contributed by atoms with Gasteiger partial charge < -0.3 is 5.32 Å². The van der Waals surface area contributed by atoms with Crippen LogP contribution in [-0.2, 0) is 0 Å². The molecule has 20 heavy (non-hydrogen) atoms. The Morgan fingerprint density at radius 2 is 1.75 bits per heavy atom. The maximum absolute atomic E-state index is 6.40. The molecule has 1 nitrogen and oxygen atoms in total. The molecule has 1 unspecified atom stereocenters. The van der Waals surface area contributed by atoms with Crippen molar-refractivity contribution in [1.82, 2.24) is 5.32 Å². The van der Waals surface area contributed by atoms with Gasteiger partial charge in [-0.2, -0.15) is 0 Å². The van der Waals surface area contributed by atoms with E-state index in [4.69, 9.17) is 11.6 Å². The fourth-order valence-corrected chi connectivity index (χ4v) is 3.13. The summed E-state index contributed by atoms with van der Waals surface area (Å²) in [4.78, 5) is 0. The monoisotopic (exact) mass is 351 g/mol. The summed E-state index contributed by atoms with van der Waals surface area (Å²) in [5, 5.41) is 4.32. The summed E-state index contributed by atoms with van der Waals surface area (Å²) in [7, 11) is 0. The van der Waals surface area contributed by atoms with Crippen molar-refractivity contribution in [2.75, 3.05) is 6.54 Å². The van der Waals surface area contributed by atoms with Crippen LogP contribution in [0, 0.1) is 13.8 Å². The summed E-state index contributed by atoms with van der Waals surface area (Å²) in [6.45, 7) is 7.26. The van der Waals surface area contributed by atoms with E-state index in [-0.39, 0.29) is 6.04 Å². The lowest BCUT2D eigenvalue weighted by molar-refractivity contribution is 0.630. The van der Waals surface area contributed by atoms with Crippen molar-refractivity contribution in [3.8, 4) is 0 Å². The summed E-state index contributed by atoms with van der Waals surface area (Å²) < 4.78 is 1.05. The van der Waals surface area contributed by atoms with Gasteiger partial charge in [-0.1, -0.05) is 63.8 Å². The Labute approximate surface area is 134 Å². The molecule has 2 aromatic carbocycles. The van der Waals surface area contributed by atoms with Crippen LogP contribution in [0.4, 0.5) is 0 Å². The summed E-state index contributed by atoms with van der Waals surface area (Å²) >= 11 is 9.93. The van der Waals surface area contributed by atoms with Crippen LogP contribution in [0.15, 0.2) is 40.9 Å². The average molecular weight is 353 g/mol. The minimum absolute atomic E-state index is 0.114. The quantitative estimate of drug-likeness (QED) is 0.775. The Morgan fingerprint density at radius 3 is 2.35 bits per heavy atom. The van der Waals surface area contributed by atoms with E-state index in [1.54, 1.807) is 0 Å². The zero-order valence-corrected chi connectivity index (χ0v) is 14.3. The Balaban J connectivity index is 2.52. The highest BCUT2D eigenvalue weighted by Gasteiger charge is 2.17. The van der Waals surface area contributed by atoms with E-state index < -0.39 is 0 Å². The predicted octanol–water partition coefficient (Wildman–Crippen LogP) is 5.42. The largest absolute Gasteiger partial charge is 0.306 e. The van der Waals surface area contributed by atoms with Gasteiger partial charge in [0.2, 0.25) is 0 Å². The molecule has 0 radical (unpaired) electrons. The van der Waals surface area contributed by atoms with Gasteiger partial charge in [-0.05, 0) is 49.7 Å². The number of hydrogen-bond donors (Lipinski definition) is 1. The van der Waals surface area contributed by atoms with Crippen molar-refractivity contribution >= 4 is 27.5 Å². The molecule has 0 aliphatic carbocycles. The Kier molecular flexibility index (Phi) is 5.25. The van der Waals surface area contributed by atoms with Crippen molar-refractivity contribution < 1.29 is 0 Å². The summed E-state index contributed by atoms with van der Waals surface area (Å²) in [5.41, 5.74) is 4.90. The van der Waals surface area contributed by atoms with Crippen molar-refractivity contribution in [3.63, 3.8) is 0 Å². The normalized spacial score (nSPS) is 12.4. The van der Waals surface area contributed by atoms with Gasteiger partial charge in [-0.25, -0.2) is 0 Å². The molecule has 0 amide bonds. The van der Waals surface area contributed by atoms with E-state index >= 15 is 0 Å². The molecule has 0 saturated heterocycles. The van der Waals surface area contributed by atoms with Crippen LogP contribution in [0.3, 0.4) is 0 Å².